The molecule has 2 nitrogen and oxygen atoms in total. The van der Waals surface area contributed by atoms with Gasteiger partial charge in [0.1, 0.15) is 5.41 Å². The quantitative estimate of drug-likeness (QED) is 0.661. The number of benzene rings is 1. The van der Waals surface area contributed by atoms with Crippen LogP contribution in [-0.2, 0) is 0 Å². The summed E-state index contributed by atoms with van der Waals surface area (Å²) < 4.78 is 53.5. The highest BCUT2D eigenvalue weighted by Crippen LogP contribution is 2.51. The van der Waals surface area contributed by atoms with Gasteiger partial charge in [-0.05, 0) is 29.3 Å². The monoisotopic (exact) mass is 286 g/mol. The zero-order valence-corrected chi connectivity index (χ0v) is 10.5. The minimum absolute atomic E-state index is 0.0183. The summed E-state index contributed by atoms with van der Waals surface area (Å²) in [5.74, 6) is 0. The predicted octanol–water partition coefficient (Wildman–Crippen LogP) is 3.42. The number of nitrogen functional groups attached to an aromatic ring is 1. The van der Waals surface area contributed by atoms with Gasteiger partial charge in [0, 0.05) is 17.8 Å². The molecule has 20 heavy (non-hydrogen) atoms. The normalized spacial score (nSPS) is 18.1. The molecule has 1 aliphatic rings. The average molecular weight is 286 g/mol. The van der Waals surface area contributed by atoms with E-state index < -0.39 is 24.7 Å². The summed E-state index contributed by atoms with van der Waals surface area (Å²) in [7, 11) is 0. The molecule has 0 saturated carbocycles. The van der Waals surface area contributed by atoms with Gasteiger partial charge in [-0.15, -0.1) is 0 Å². The lowest BCUT2D eigenvalue weighted by Gasteiger charge is -2.37. The fourth-order valence-electron chi connectivity index (χ4n) is 2.35. The third-order valence-electron chi connectivity index (χ3n) is 3.46. The van der Waals surface area contributed by atoms with Crippen molar-refractivity contribution in [1.82, 2.24) is 0 Å². The molecule has 0 spiro atoms. The molecule has 2 rings (SSSR count). The minimum Gasteiger partial charge on any atom is -0.402 e. The Kier molecular flexibility index (Phi) is 3.74. The van der Waals surface area contributed by atoms with Gasteiger partial charge >= 0.3 is 0 Å². The number of allylic oxidation sites excluding steroid dienone is 4. The van der Waals surface area contributed by atoms with Crippen LogP contribution >= 0.6 is 0 Å². The van der Waals surface area contributed by atoms with Crippen molar-refractivity contribution in [2.24, 2.45) is 11.1 Å². The number of nitrogens with two attached hydrogens (primary N) is 2. The highest BCUT2D eigenvalue weighted by molar-refractivity contribution is 5.75. The molecule has 1 aromatic carbocycles. The van der Waals surface area contributed by atoms with Crippen LogP contribution in [0.25, 0.3) is 5.57 Å². The van der Waals surface area contributed by atoms with Crippen molar-refractivity contribution in [2.45, 2.75) is 19.3 Å². The molecule has 0 aliphatic heterocycles. The van der Waals surface area contributed by atoms with Gasteiger partial charge in [0.25, 0.3) is 12.9 Å². The molecular formula is C14H14F4N2. The molecule has 0 aromatic heterocycles. The Hall–Kier alpha value is -1.98. The van der Waals surface area contributed by atoms with Crippen LogP contribution in [0.15, 0.2) is 42.1 Å². The number of anilines is 1. The van der Waals surface area contributed by atoms with Crippen LogP contribution in [0.5, 0.6) is 0 Å². The molecule has 0 unspecified atom stereocenters. The van der Waals surface area contributed by atoms with Crippen LogP contribution in [0.2, 0.25) is 0 Å². The van der Waals surface area contributed by atoms with Crippen molar-refractivity contribution in [3.05, 3.63) is 47.7 Å². The Bertz CT molecular complexity index is 539. The zero-order valence-electron chi connectivity index (χ0n) is 10.5. The fourth-order valence-corrected chi connectivity index (χ4v) is 2.35. The first-order valence-electron chi connectivity index (χ1n) is 5.97. The van der Waals surface area contributed by atoms with Gasteiger partial charge < -0.3 is 11.5 Å². The van der Waals surface area contributed by atoms with Crippen LogP contribution in [-0.4, -0.2) is 12.9 Å². The molecule has 0 bridgehead atoms. The summed E-state index contributed by atoms with van der Waals surface area (Å²) in [5.41, 5.74) is 9.05. The van der Waals surface area contributed by atoms with Crippen LogP contribution in [0.4, 0.5) is 23.2 Å². The van der Waals surface area contributed by atoms with E-state index in [1.54, 1.807) is 0 Å². The standard InChI is InChI=1S/C14H14F4N2/c15-12(16)14(13(17)18)7-10(20)5-6-11(14)8-1-3-9(19)4-2-8/h1-6,12-13H,7,19-20H2. The zero-order chi connectivity index (χ0) is 14.9. The molecule has 108 valence electrons. The number of halogens is 4. The third kappa shape index (κ3) is 2.26. The van der Waals surface area contributed by atoms with Gasteiger partial charge in [-0.25, -0.2) is 17.6 Å². The van der Waals surface area contributed by atoms with E-state index in [9.17, 15) is 17.6 Å². The predicted molar refractivity (Wildman–Crippen MR) is 70.2 cm³/mol. The van der Waals surface area contributed by atoms with Crippen molar-refractivity contribution in [3.8, 4) is 0 Å². The van der Waals surface area contributed by atoms with Gasteiger partial charge in [0.15, 0.2) is 0 Å². The summed E-state index contributed by atoms with van der Waals surface area (Å²) in [6, 6.07) is 5.88. The Morgan fingerprint density at radius 2 is 1.45 bits per heavy atom. The first kappa shape index (κ1) is 14.4. The second-order valence-electron chi connectivity index (χ2n) is 4.76. The van der Waals surface area contributed by atoms with Crippen LogP contribution in [0, 0.1) is 5.41 Å². The SMILES string of the molecule is NC1=CC=C(c2ccc(N)cc2)C(C(F)F)(C(F)F)C1. The second kappa shape index (κ2) is 5.19. The van der Waals surface area contributed by atoms with E-state index in [1.165, 1.54) is 36.4 Å². The van der Waals surface area contributed by atoms with Crippen LogP contribution in [0.1, 0.15) is 12.0 Å². The average Bonchev–Trinajstić information content (AvgIpc) is 2.39. The number of hydrogen-bond donors (Lipinski definition) is 2. The molecule has 0 radical (unpaired) electrons. The summed E-state index contributed by atoms with van der Waals surface area (Å²) >= 11 is 0. The molecule has 1 aromatic rings. The molecule has 6 heteroatoms. The highest BCUT2D eigenvalue weighted by Gasteiger charge is 2.52. The van der Waals surface area contributed by atoms with Crippen LogP contribution < -0.4 is 11.5 Å². The lowest BCUT2D eigenvalue weighted by atomic mass is 9.71. The van der Waals surface area contributed by atoms with Gasteiger partial charge in [0.05, 0.1) is 0 Å². The summed E-state index contributed by atoms with van der Waals surface area (Å²) in [4.78, 5) is 0. The van der Waals surface area contributed by atoms with E-state index in [2.05, 4.69) is 0 Å². The highest BCUT2D eigenvalue weighted by atomic mass is 19.3. The van der Waals surface area contributed by atoms with Gasteiger partial charge in [0.2, 0.25) is 0 Å². The largest absolute Gasteiger partial charge is 0.402 e. The van der Waals surface area contributed by atoms with Crippen molar-refractivity contribution in [3.63, 3.8) is 0 Å². The van der Waals surface area contributed by atoms with Crippen molar-refractivity contribution in [2.75, 3.05) is 5.73 Å². The molecule has 0 saturated heterocycles. The summed E-state index contributed by atoms with van der Waals surface area (Å²) in [6.07, 6.45) is -4.40. The second-order valence-corrected chi connectivity index (χ2v) is 4.76. The number of hydrogen-bond acceptors (Lipinski definition) is 2. The van der Waals surface area contributed by atoms with E-state index in [1.807, 2.05) is 0 Å². The van der Waals surface area contributed by atoms with E-state index in [4.69, 9.17) is 11.5 Å². The molecule has 0 heterocycles. The van der Waals surface area contributed by atoms with E-state index in [-0.39, 0.29) is 11.3 Å². The van der Waals surface area contributed by atoms with Gasteiger partial charge in [-0.3, -0.25) is 0 Å². The van der Waals surface area contributed by atoms with E-state index in [0.29, 0.717) is 11.3 Å². The van der Waals surface area contributed by atoms with Crippen molar-refractivity contribution < 1.29 is 17.6 Å². The molecular weight excluding hydrogens is 272 g/mol. The summed E-state index contributed by atoms with van der Waals surface area (Å²) in [6.45, 7) is 0. The lowest BCUT2D eigenvalue weighted by molar-refractivity contribution is -0.0713. The number of alkyl halides is 4. The number of rotatable bonds is 3. The summed E-state index contributed by atoms with van der Waals surface area (Å²) in [5, 5.41) is 0. The molecule has 0 amide bonds. The first-order valence-corrected chi connectivity index (χ1v) is 5.97. The maximum Gasteiger partial charge on any atom is 0.254 e. The third-order valence-corrected chi connectivity index (χ3v) is 3.46. The first-order chi connectivity index (χ1) is 9.37. The van der Waals surface area contributed by atoms with Crippen molar-refractivity contribution >= 4 is 11.3 Å². The molecule has 4 N–H and O–H groups in total. The molecule has 0 atom stereocenters. The van der Waals surface area contributed by atoms with Gasteiger partial charge in [-0.2, -0.15) is 0 Å². The fraction of sp³-hybridized carbons (Fsp3) is 0.286. The Morgan fingerprint density at radius 3 is 1.95 bits per heavy atom. The van der Waals surface area contributed by atoms with Crippen molar-refractivity contribution in [1.29, 1.82) is 0 Å². The maximum atomic E-state index is 13.4. The minimum atomic E-state index is -3.22. The Morgan fingerprint density at radius 1 is 0.900 bits per heavy atom. The van der Waals surface area contributed by atoms with Gasteiger partial charge in [-0.1, -0.05) is 18.2 Å². The molecule has 0 fully saturated rings. The maximum absolute atomic E-state index is 13.4. The smallest absolute Gasteiger partial charge is 0.254 e. The van der Waals surface area contributed by atoms with Crippen LogP contribution in [0.3, 0.4) is 0 Å². The van der Waals surface area contributed by atoms with E-state index in [0.717, 1.165) is 0 Å². The van der Waals surface area contributed by atoms with E-state index >= 15 is 0 Å². The lowest BCUT2D eigenvalue weighted by Crippen LogP contribution is -2.41. The topological polar surface area (TPSA) is 52.0 Å². The Labute approximate surface area is 113 Å². The molecule has 1 aliphatic carbocycles. The Balaban J connectivity index is 2.58.